The second-order valence-corrected chi connectivity index (χ2v) is 7.11. The largest absolute Gasteiger partial charge is 0.490 e. The Hall–Kier alpha value is -2.14. The first-order chi connectivity index (χ1) is 11.7. The lowest BCUT2D eigenvalue weighted by Gasteiger charge is -2.12. The predicted molar refractivity (Wildman–Crippen MR) is 98.1 cm³/mol. The molecule has 0 spiro atoms. The minimum atomic E-state index is -0.217. The molecule has 1 aromatic heterocycles. The van der Waals surface area contributed by atoms with E-state index < -0.39 is 0 Å². The molecule has 0 radical (unpaired) electrons. The third-order valence-corrected chi connectivity index (χ3v) is 5.27. The maximum absolute atomic E-state index is 12.1. The minimum absolute atomic E-state index is 0.217. The fourth-order valence-corrected chi connectivity index (χ4v) is 3.58. The molecule has 0 saturated heterocycles. The summed E-state index contributed by atoms with van der Waals surface area (Å²) >= 11 is 1.68. The first-order valence-corrected chi connectivity index (χ1v) is 9.25. The van der Waals surface area contributed by atoms with E-state index in [0.717, 1.165) is 29.9 Å². The molecule has 4 nitrogen and oxygen atoms in total. The number of ether oxygens (including phenoxy) is 1. The first kappa shape index (κ1) is 16.7. The van der Waals surface area contributed by atoms with Gasteiger partial charge in [-0.2, -0.15) is 5.10 Å². The standard InChI is InChI=1S/C19H22N2O2S/c1-2-17-11-12-18(24-17)13-20-21-19(22)14-7-9-16(10-8-14)23-15-5-3-4-6-15/h7-13,15H,2-6H2,1H3,(H,21,22)/b20-13+. The van der Waals surface area contributed by atoms with E-state index in [4.69, 9.17) is 4.74 Å². The third-order valence-electron chi connectivity index (χ3n) is 4.11. The SMILES string of the molecule is CCc1ccc(/C=N/NC(=O)c2ccc(OC3CCCC3)cc2)s1. The molecule has 1 fully saturated rings. The molecule has 1 saturated carbocycles. The van der Waals surface area contributed by atoms with Crippen LogP contribution < -0.4 is 10.2 Å². The van der Waals surface area contributed by atoms with Gasteiger partial charge < -0.3 is 4.74 Å². The van der Waals surface area contributed by atoms with Gasteiger partial charge in [0.25, 0.3) is 5.91 Å². The van der Waals surface area contributed by atoms with Crippen LogP contribution in [0.2, 0.25) is 0 Å². The van der Waals surface area contributed by atoms with Gasteiger partial charge in [0, 0.05) is 15.3 Å². The minimum Gasteiger partial charge on any atom is -0.490 e. The molecular formula is C19H22N2O2S. The molecular weight excluding hydrogens is 320 g/mol. The Bertz CT molecular complexity index is 700. The number of carbonyl (C=O) groups excluding carboxylic acids is 1. The van der Waals surface area contributed by atoms with Gasteiger partial charge in [-0.05, 0) is 68.5 Å². The van der Waals surface area contributed by atoms with Gasteiger partial charge >= 0.3 is 0 Å². The van der Waals surface area contributed by atoms with Gasteiger partial charge in [0.2, 0.25) is 0 Å². The van der Waals surface area contributed by atoms with E-state index in [0.29, 0.717) is 11.7 Å². The second-order valence-electron chi connectivity index (χ2n) is 5.91. The van der Waals surface area contributed by atoms with Crippen molar-refractivity contribution >= 4 is 23.5 Å². The summed E-state index contributed by atoms with van der Waals surface area (Å²) in [5.74, 6) is 0.610. The fourth-order valence-electron chi connectivity index (χ4n) is 2.76. The maximum atomic E-state index is 12.1. The molecule has 2 aromatic rings. The number of nitrogens with one attached hydrogen (secondary N) is 1. The highest BCUT2D eigenvalue weighted by Gasteiger charge is 2.16. The molecule has 0 bridgehead atoms. The molecule has 126 valence electrons. The lowest BCUT2D eigenvalue weighted by atomic mass is 10.2. The van der Waals surface area contributed by atoms with Crippen LogP contribution in [0.3, 0.4) is 0 Å². The lowest BCUT2D eigenvalue weighted by molar-refractivity contribution is 0.0955. The molecule has 5 heteroatoms. The van der Waals surface area contributed by atoms with Crippen molar-refractivity contribution in [3.63, 3.8) is 0 Å². The van der Waals surface area contributed by atoms with Gasteiger partial charge in [0.05, 0.1) is 12.3 Å². The number of hydrazone groups is 1. The van der Waals surface area contributed by atoms with Crippen molar-refractivity contribution in [3.05, 3.63) is 51.7 Å². The highest BCUT2D eigenvalue weighted by Crippen LogP contribution is 2.24. The van der Waals surface area contributed by atoms with Crippen LogP contribution in [0, 0.1) is 0 Å². The van der Waals surface area contributed by atoms with Crippen molar-refractivity contribution in [2.45, 2.75) is 45.1 Å². The Morgan fingerprint density at radius 3 is 2.67 bits per heavy atom. The molecule has 1 aromatic carbocycles. The van der Waals surface area contributed by atoms with E-state index in [1.807, 2.05) is 18.2 Å². The summed E-state index contributed by atoms with van der Waals surface area (Å²) < 4.78 is 5.90. The normalized spacial score (nSPS) is 15.0. The Morgan fingerprint density at radius 2 is 2.00 bits per heavy atom. The summed E-state index contributed by atoms with van der Waals surface area (Å²) in [5.41, 5.74) is 3.14. The highest BCUT2D eigenvalue weighted by atomic mass is 32.1. The van der Waals surface area contributed by atoms with Crippen LogP contribution in [0.1, 0.15) is 52.7 Å². The van der Waals surface area contributed by atoms with Crippen molar-refractivity contribution in [1.82, 2.24) is 5.43 Å². The van der Waals surface area contributed by atoms with Crippen molar-refractivity contribution < 1.29 is 9.53 Å². The Morgan fingerprint density at radius 1 is 1.25 bits per heavy atom. The van der Waals surface area contributed by atoms with E-state index in [9.17, 15) is 4.79 Å². The van der Waals surface area contributed by atoms with Gasteiger partial charge in [-0.25, -0.2) is 5.43 Å². The van der Waals surface area contributed by atoms with E-state index in [-0.39, 0.29) is 5.91 Å². The number of carbonyl (C=O) groups is 1. The molecule has 1 aliphatic rings. The van der Waals surface area contributed by atoms with E-state index >= 15 is 0 Å². The quantitative estimate of drug-likeness (QED) is 0.625. The Balaban J connectivity index is 1.52. The van der Waals surface area contributed by atoms with Gasteiger partial charge in [0.1, 0.15) is 5.75 Å². The zero-order valence-electron chi connectivity index (χ0n) is 13.8. The Labute approximate surface area is 146 Å². The molecule has 1 heterocycles. The monoisotopic (exact) mass is 342 g/mol. The zero-order valence-corrected chi connectivity index (χ0v) is 14.6. The first-order valence-electron chi connectivity index (χ1n) is 8.43. The second kappa shape index (κ2) is 8.11. The van der Waals surface area contributed by atoms with Crippen molar-refractivity contribution in [2.24, 2.45) is 5.10 Å². The van der Waals surface area contributed by atoms with E-state index in [1.54, 1.807) is 29.7 Å². The Kier molecular flexibility index (Phi) is 5.64. The maximum Gasteiger partial charge on any atom is 0.271 e. The number of hydrogen-bond donors (Lipinski definition) is 1. The van der Waals surface area contributed by atoms with Gasteiger partial charge in [-0.1, -0.05) is 6.92 Å². The predicted octanol–water partition coefficient (Wildman–Crippen LogP) is 4.40. The zero-order chi connectivity index (χ0) is 16.8. The summed E-state index contributed by atoms with van der Waals surface area (Å²) in [4.78, 5) is 14.4. The molecule has 3 rings (SSSR count). The molecule has 0 atom stereocenters. The summed E-state index contributed by atoms with van der Waals surface area (Å²) in [5, 5.41) is 4.03. The van der Waals surface area contributed by atoms with Crippen molar-refractivity contribution in [1.29, 1.82) is 0 Å². The lowest BCUT2D eigenvalue weighted by Crippen LogP contribution is -2.17. The average molecular weight is 342 g/mol. The van der Waals surface area contributed by atoms with Crippen LogP contribution in [0.25, 0.3) is 0 Å². The van der Waals surface area contributed by atoms with E-state index in [1.165, 1.54) is 17.7 Å². The number of amides is 1. The van der Waals surface area contributed by atoms with Crippen molar-refractivity contribution in [2.75, 3.05) is 0 Å². The van der Waals surface area contributed by atoms with Crippen LogP contribution >= 0.6 is 11.3 Å². The van der Waals surface area contributed by atoms with Crippen LogP contribution in [-0.2, 0) is 6.42 Å². The molecule has 24 heavy (non-hydrogen) atoms. The van der Waals surface area contributed by atoms with Crippen molar-refractivity contribution in [3.8, 4) is 5.75 Å². The van der Waals surface area contributed by atoms with Gasteiger partial charge in [0.15, 0.2) is 0 Å². The summed E-state index contributed by atoms with van der Waals surface area (Å²) in [6.07, 6.45) is 7.76. The van der Waals surface area contributed by atoms with E-state index in [2.05, 4.69) is 23.5 Å². The molecule has 1 amide bonds. The van der Waals surface area contributed by atoms with Crippen LogP contribution in [0.5, 0.6) is 5.75 Å². The number of benzene rings is 1. The number of thiophene rings is 1. The summed E-state index contributed by atoms with van der Waals surface area (Å²) in [6, 6.07) is 11.3. The number of nitrogens with zero attached hydrogens (tertiary/aromatic N) is 1. The molecule has 0 unspecified atom stereocenters. The van der Waals surface area contributed by atoms with Crippen LogP contribution in [0.4, 0.5) is 0 Å². The average Bonchev–Trinajstić information content (AvgIpc) is 3.27. The molecule has 1 N–H and O–H groups in total. The summed E-state index contributed by atoms with van der Waals surface area (Å²) in [7, 11) is 0. The number of hydrogen-bond acceptors (Lipinski definition) is 4. The summed E-state index contributed by atoms with van der Waals surface area (Å²) in [6.45, 7) is 2.12. The smallest absolute Gasteiger partial charge is 0.271 e. The molecule has 1 aliphatic carbocycles. The number of aryl methyl sites for hydroxylation is 1. The fraction of sp³-hybridized carbons (Fsp3) is 0.368. The van der Waals surface area contributed by atoms with Gasteiger partial charge in [-0.3, -0.25) is 4.79 Å². The van der Waals surface area contributed by atoms with Crippen LogP contribution in [0.15, 0.2) is 41.5 Å². The number of rotatable bonds is 6. The van der Waals surface area contributed by atoms with Gasteiger partial charge in [-0.15, -0.1) is 11.3 Å². The van der Waals surface area contributed by atoms with Crippen LogP contribution in [-0.4, -0.2) is 18.2 Å². The topological polar surface area (TPSA) is 50.7 Å². The molecule has 0 aliphatic heterocycles. The highest BCUT2D eigenvalue weighted by molar-refractivity contribution is 7.13. The third kappa shape index (κ3) is 4.45.